The van der Waals surface area contributed by atoms with E-state index in [-0.39, 0.29) is 0 Å². The minimum absolute atomic E-state index is 0.297. The number of aryl methyl sites for hydroxylation is 1. The van der Waals surface area contributed by atoms with E-state index in [4.69, 9.17) is 22.4 Å². The van der Waals surface area contributed by atoms with Gasteiger partial charge in [-0.3, -0.25) is 10.8 Å². The van der Waals surface area contributed by atoms with Crippen LogP contribution in [-0.2, 0) is 6.42 Å². The van der Waals surface area contributed by atoms with Crippen molar-refractivity contribution in [3.8, 4) is 0 Å². The van der Waals surface area contributed by atoms with Gasteiger partial charge in [0.25, 0.3) is 0 Å². The zero-order valence-corrected chi connectivity index (χ0v) is 12.3. The van der Waals surface area contributed by atoms with Crippen molar-refractivity contribution in [2.24, 2.45) is 0 Å². The number of para-hydroxylation sites is 1. The average Bonchev–Trinajstić information content (AvgIpc) is 2.37. The summed E-state index contributed by atoms with van der Waals surface area (Å²) in [6.45, 7) is 3.70. The quantitative estimate of drug-likeness (QED) is 0.632. The lowest BCUT2D eigenvalue weighted by molar-refractivity contribution is 1.11. The summed E-state index contributed by atoms with van der Waals surface area (Å²) < 4.78 is 0. The molecule has 1 aromatic carbocycles. The zero-order valence-electron chi connectivity index (χ0n) is 10.7. The number of benzene rings is 1. The molecular formula is C14H14ClN3S. The highest BCUT2D eigenvalue weighted by atomic mass is 35.5. The molecule has 0 amide bonds. The molecule has 0 atom stereocenters. The molecule has 3 nitrogen and oxygen atoms in total. The number of nitrogens with zero attached hydrogens (tertiary/aromatic N) is 1. The van der Waals surface area contributed by atoms with Gasteiger partial charge in [-0.05, 0) is 31.0 Å². The van der Waals surface area contributed by atoms with Gasteiger partial charge < -0.3 is 0 Å². The highest BCUT2D eigenvalue weighted by Gasteiger charge is 2.13. The second-order valence-corrected chi connectivity index (χ2v) is 5.78. The molecule has 0 bridgehead atoms. The average molecular weight is 292 g/mol. The Labute approximate surface area is 121 Å². The lowest BCUT2D eigenvalue weighted by atomic mass is 10.1. The first kappa shape index (κ1) is 14.0. The summed E-state index contributed by atoms with van der Waals surface area (Å²) in [6, 6.07) is 7.69. The van der Waals surface area contributed by atoms with Crippen molar-refractivity contribution in [2.45, 2.75) is 20.3 Å². The first-order chi connectivity index (χ1) is 9.02. The third-order valence-corrected chi connectivity index (χ3v) is 3.74. The molecule has 98 valence electrons. The van der Waals surface area contributed by atoms with Crippen LogP contribution in [0.3, 0.4) is 0 Å². The summed E-state index contributed by atoms with van der Waals surface area (Å²) in [7, 11) is 0. The molecule has 2 N–H and O–H groups in total. The van der Waals surface area contributed by atoms with Crippen molar-refractivity contribution < 1.29 is 0 Å². The summed E-state index contributed by atoms with van der Waals surface area (Å²) in [5.74, 6) is 0. The smallest absolute Gasteiger partial charge is 0.119 e. The number of hydrogen-bond donors (Lipinski definition) is 2. The van der Waals surface area contributed by atoms with E-state index < -0.39 is 0 Å². The zero-order chi connectivity index (χ0) is 14.0. The summed E-state index contributed by atoms with van der Waals surface area (Å²) in [6.07, 6.45) is 0.796. The maximum absolute atomic E-state index is 8.07. The van der Waals surface area contributed by atoms with E-state index in [0.29, 0.717) is 26.3 Å². The maximum atomic E-state index is 8.07. The fourth-order valence-corrected chi connectivity index (χ4v) is 2.68. The van der Waals surface area contributed by atoms with E-state index >= 15 is 0 Å². The van der Waals surface area contributed by atoms with Gasteiger partial charge in [-0.15, -0.1) is 0 Å². The molecule has 0 saturated heterocycles. The van der Waals surface area contributed by atoms with Gasteiger partial charge in [-0.25, -0.2) is 4.98 Å². The second-order valence-electron chi connectivity index (χ2n) is 4.15. The van der Waals surface area contributed by atoms with Crippen molar-refractivity contribution in [3.63, 3.8) is 0 Å². The Kier molecular flexibility index (Phi) is 4.22. The Bertz CT molecular complexity index is 667. The van der Waals surface area contributed by atoms with Gasteiger partial charge in [0.15, 0.2) is 0 Å². The predicted molar refractivity (Wildman–Crippen MR) is 84.0 cm³/mol. The summed E-state index contributed by atoms with van der Waals surface area (Å²) >= 11 is 7.27. The van der Waals surface area contributed by atoms with Crippen LogP contribution in [0.1, 0.15) is 25.1 Å². The van der Waals surface area contributed by atoms with Gasteiger partial charge in [-0.2, -0.15) is 0 Å². The van der Waals surface area contributed by atoms with Crippen molar-refractivity contribution >= 4 is 44.4 Å². The molecule has 0 spiro atoms. The maximum Gasteiger partial charge on any atom is 0.119 e. The van der Waals surface area contributed by atoms with Crippen LogP contribution in [0.2, 0.25) is 5.02 Å². The lowest BCUT2D eigenvalue weighted by Crippen LogP contribution is -2.05. The van der Waals surface area contributed by atoms with E-state index in [9.17, 15) is 0 Å². The number of aromatic nitrogens is 1. The summed E-state index contributed by atoms with van der Waals surface area (Å²) in [4.78, 5) is 4.52. The molecular weight excluding hydrogens is 278 g/mol. The molecule has 1 heterocycles. The van der Waals surface area contributed by atoms with Crippen molar-refractivity contribution in [1.82, 2.24) is 4.98 Å². The van der Waals surface area contributed by atoms with Gasteiger partial charge in [-0.1, -0.05) is 42.4 Å². The van der Waals surface area contributed by atoms with Crippen LogP contribution in [0, 0.1) is 10.8 Å². The minimum Gasteiger partial charge on any atom is -0.298 e. The second kappa shape index (κ2) is 5.72. The fraction of sp³-hybridized carbons (Fsp3) is 0.214. The fourth-order valence-electron chi connectivity index (χ4n) is 1.87. The number of fused-ring (bicyclic) bond motifs is 1. The van der Waals surface area contributed by atoms with Crippen LogP contribution in [0.4, 0.5) is 0 Å². The Hall–Kier alpha value is -1.39. The minimum atomic E-state index is 0.297. The van der Waals surface area contributed by atoms with Crippen LogP contribution in [-0.4, -0.2) is 15.1 Å². The molecule has 0 aliphatic carbocycles. The normalized spacial score (nSPS) is 10.7. The number of nitrogens with one attached hydrogen (secondary N) is 2. The molecule has 0 saturated carbocycles. The third kappa shape index (κ3) is 2.96. The molecule has 19 heavy (non-hydrogen) atoms. The van der Waals surface area contributed by atoms with Crippen molar-refractivity contribution in [2.75, 3.05) is 0 Å². The van der Waals surface area contributed by atoms with Gasteiger partial charge in [0.2, 0.25) is 0 Å². The molecule has 0 aliphatic rings. The van der Waals surface area contributed by atoms with E-state index in [1.54, 1.807) is 13.0 Å². The van der Waals surface area contributed by atoms with Gasteiger partial charge in [0.1, 0.15) is 5.04 Å². The van der Waals surface area contributed by atoms with Crippen LogP contribution < -0.4 is 0 Å². The Balaban J connectivity index is 2.61. The molecule has 0 aliphatic heterocycles. The lowest BCUT2D eigenvalue weighted by Gasteiger charge is -2.10. The first-order valence-electron chi connectivity index (χ1n) is 5.93. The first-order valence-corrected chi connectivity index (χ1v) is 7.12. The van der Waals surface area contributed by atoms with E-state index in [1.165, 1.54) is 0 Å². The number of hydrogen-bond acceptors (Lipinski definition) is 4. The Morgan fingerprint density at radius 3 is 2.74 bits per heavy atom. The van der Waals surface area contributed by atoms with Crippen molar-refractivity contribution in [3.05, 3.63) is 40.5 Å². The van der Waals surface area contributed by atoms with Crippen LogP contribution >= 0.6 is 23.4 Å². The molecule has 5 heteroatoms. The third-order valence-electron chi connectivity index (χ3n) is 2.73. The Morgan fingerprint density at radius 2 is 2.11 bits per heavy atom. The van der Waals surface area contributed by atoms with E-state index in [0.717, 1.165) is 29.1 Å². The van der Waals surface area contributed by atoms with Crippen molar-refractivity contribution in [1.29, 1.82) is 10.8 Å². The SMILES string of the molecule is CCc1cc2cccc(Cl)c2nc1C(=N)SC(C)=N. The van der Waals surface area contributed by atoms with Gasteiger partial charge >= 0.3 is 0 Å². The van der Waals surface area contributed by atoms with Gasteiger partial charge in [0.05, 0.1) is 21.3 Å². The molecule has 0 fully saturated rings. The predicted octanol–water partition coefficient (Wildman–Crippen LogP) is 4.51. The van der Waals surface area contributed by atoms with Gasteiger partial charge in [0, 0.05) is 5.39 Å². The monoisotopic (exact) mass is 291 g/mol. The van der Waals surface area contributed by atoms with Crippen LogP contribution in [0.25, 0.3) is 10.9 Å². The highest BCUT2D eigenvalue weighted by Crippen LogP contribution is 2.26. The number of pyridine rings is 1. The van der Waals surface area contributed by atoms with E-state index in [2.05, 4.69) is 4.98 Å². The molecule has 0 unspecified atom stereocenters. The number of halogens is 1. The largest absolute Gasteiger partial charge is 0.298 e. The molecule has 2 aromatic rings. The topological polar surface area (TPSA) is 60.6 Å². The summed E-state index contributed by atoms with van der Waals surface area (Å²) in [5, 5.41) is 17.8. The molecule has 1 aromatic heterocycles. The molecule has 0 radical (unpaired) electrons. The number of rotatable bonds is 2. The summed E-state index contributed by atoms with van der Waals surface area (Å²) in [5.41, 5.74) is 2.34. The standard InChI is InChI=1S/C14H14ClN3S/c1-3-9-7-10-5-4-6-11(15)12(10)18-13(9)14(17)19-8(2)16/h4-7,16-17H,3H2,1-2H3. The number of thioether (sulfide) groups is 1. The Morgan fingerprint density at radius 1 is 1.37 bits per heavy atom. The van der Waals surface area contributed by atoms with Crippen LogP contribution in [0.15, 0.2) is 24.3 Å². The molecule has 2 rings (SSSR count). The highest BCUT2D eigenvalue weighted by molar-refractivity contribution is 8.26. The van der Waals surface area contributed by atoms with E-state index in [1.807, 2.05) is 25.1 Å². The van der Waals surface area contributed by atoms with Crippen LogP contribution in [0.5, 0.6) is 0 Å².